The van der Waals surface area contributed by atoms with Crippen LogP contribution in [0.5, 0.6) is 0 Å². The van der Waals surface area contributed by atoms with Crippen LogP contribution in [0, 0.1) is 11.3 Å². The van der Waals surface area contributed by atoms with E-state index in [0.717, 1.165) is 23.7 Å². The Morgan fingerprint density at radius 2 is 2.31 bits per heavy atom. The fourth-order valence-electron chi connectivity index (χ4n) is 0.999. The van der Waals surface area contributed by atoms with Crippen LogP contribution in [-0.2, 0) is 0 Å². The maximum atomic E-state index is 8.31. The third kappa shape index (κ3) is 3.82. The lowest BCUT2D eigenvalue weighted by molar-refractivity contribution is 0.897. The topological polar surface area (TPSA) is 35.8 Å². The summed E-state index contributed by atoms with van der Waals surface area (Å²) < 4.78 is 0. The predicted molar refractivity (Wildman–Crippen MR) is 54.8 cm³/mol. The highest BCUT2D eigenvalue weighted by atomic mass is 35.5. The maximum Gasteiger partial charge on any atom is 0.0622 e. The molecule has 2 nitrogen and oxygen atoms in total. The molecule has 0 bridgehead atoms. The summed E-state index contributed by atoms with van der Waals surface area (Å²) in [5, 5.41) is 12.2. The van der Waals surface area contributed by atoms with Crippen molar-refractivity contribution in [1.29, 1.82) is 5.26 Å². The average Bonchev–Trinajstić information content (AvgIpc) is 2.13. The van der Waals surface area contributed by atoms with Crippen LogP contribution in [0.25, 0.3) is 0 Å². The first-order valence-corrected chi connectivity index (χ1v) is 4.57. The van der Waals surface area contributed by atoms with E-state index < -0.39 is 0 Å². The third-order valence-corrected chi connectivity index (χ3v) is 1.85. The van der Waals surface area contributed by atoms with Crippen LogP contribution in [0.15, 0.2) is 24.3 Å². The van der Waals surface area contributed by atoms with Gasteiger partial charge in [0.2, 0.25) is 0 Å². The molecule has 1 N–H and O–H groups in total. The second kappa shape index (κ2) is 5.45. The predicted octanol–water partition coefficient (Wildman–Crippen LogP) is 3.06. The summed E-state index contributed by atoms with van der Waals surface area (Å²) in [5.74, 6) is 0. The van der Waals surface area contributed by atoms with Gasteiger partial charge in [0.25, 0.3) is 0 Å². The largest absolute Gasteiger partial charge is 0.385 e. The molecule has 1 rings (SSSR count). The second-order valence-corrected chi connectivity index (χ2v) is 3.14. The molecule has 0 aromatic heterocycles. The Bertz CT molecular complexity index is 304. The minimum absolute atomic E-state index is 0.591. The molecule has 0 atom stereocenters. The Hall–Kier alpha value is -1.20. The number of rotatable bonds is 4. The summed E-state index contributed by atoms with van der Waals surface area (Å²) in [6, 6.07) is 9.66. The minimum Gasteiger partial charge on any atom is -0.385 e. The highest BCUT2D eigenvalue weighted by molar-refractivity contribution is 6.30. The zero-order valence-electron chi connectivity index (χ0n) is 7.26. The molecule has 0 heterocycles. The number of hydrogen-bond acceptors (Lipinski definition) is 2. The number of halogens is 1. The lowest BCUT2D eigenvalue weighted by atomic mass is 10.3. The molecule has 0 aliphatic heterocycles. The molecular weight excluding hydrogens is 184 g/mol. The van der Waals surface area contributed by atoms with E-state index in [9.17, 15) is 0 Å². The first kappa shape index (κ1) is 9.88. The van der Waals surface area contributed by atoms with Crippen molar-refractivity contribution < 1.29 is 0 Å². The molecule has 1 aromatic carbocycles. The summed E-state index contributed by atoms with van der Waals surface area (Å²) in [5.41, 5.74) is 1.01. The Morgan fingerprint density at radius 3 is 3.00 bits per heavy atom. The SMILES string of the molecule is N#CCCCNc1cccc(Cl)c1. The average molecular weight is 195 g/mol. The fraction of sp³-hybridized carbons (Fsp3) is 0.300. The molecule has 0 saturated carbocycles. The zero-order valence-corrected chi connectivity index (χ0v) is 8.01. The van der Waals surface area contributed by atoms with Gasteiger partial charge in [-0.2, -0.15) is 5.26 Å². The molecule has 0 radical (unpaired) electrons. The van der Waals surface area contributed by atoms with Crippen LogP contribution < -0.4 is 5.32 Å². The van der Waals surface area contributed by atoms with Gasteiger partial charge in [-0.1, -0.05) is 17.7 Å². The molecule has 0 unspecified atom stereocenters. The zero-order chi connectivity index (χ0) is 9.52. The standard InChI is InChI=1S/C10H11ClN2/c11-9-4-3-5-10(8-9)13-7-2-1-6-12/h3-5,8,13H,1-2,7H2. The van der Waals surface area contributed by atoms with Crippen LogP contribution in [0.2, 0.25) is 5.02 Å². The quantitative estimate of drug-likeness (QED) is 0.748. The van der Waals surface area contributed by atoms with Crippen molar-refractivity contribution in [3.05, 3.63) is 29.3 Å². The number of hydrogen-bond donors (Lipinski definition) is 1. The maximum absolute atomic E-state index is 8.31. The number of benzene rings is 1. The fourth-order valence-corrected chi connectivity index (χ4v) is 1.19. The summed E-state index contributed by atoms with van der Waals surface area (Å²) in [6.07, 6.45) is 1.45. The minimum atomic E-state index is 0.591. The van der Waals surface area contributed by atoms with Crippen LogP contribution in [0.4, 0.5) is 5.69 Å². The van der Waals surface area contributed by atoms with Crippen molar-refractivity contribution in [2.45, 2.75) is 12.8 Å². The van der Waals surface area contributed by atoms with E-state index in [1.54, 1.807) is 0 Å². The van der Waals surface area contributed by atoms with E-state index in [2.05, 4.69) is 11.4 Å². The molecule has 0 aliphatic carbocycles. The van der Waals surface area contributed by atoms with Gasteiger partial charge in [0.05, 0.1) is 6.07 Å². The van der Waals surface area contributed by atoms with E-state index in [4.69, 9.17) is 16.9 Å². The summed E-state index contributed by atoms with van der Waals surface area (Å²) >= 11 is 5.79. The third-order valence-electron chi connectivity index (χ3n) is 1.62. The number of nitriles is 1. The molecule has 0 spiro atoms. The smallest absolute Gasteiger partial charge is 0.0622 e. The van der Waals surface area contributed by atoms with E-state index >= 15 is 0 Å². The van der Waals surface area contributed by atoms with E-state index in [0.29, 0.717) is 6.42 Å². The second-order valence-electron chi connectivity index (χ2n) is 2.70. The lowest BCUT2D eigenvalue weighted by Crippen LogP contribution is -2.00. The molecule has 68 valence electrons. The number of unbranched alkanes of at least 4 members (excludes halogenated alkanes) is 1. The monoisotopic (exact) mass is 194 g/mol. The van der Waals surface area contributed by atoms with E-state index in [-0.39, 0.29) is 0 Å². The number of nitrogens with zero attached hydrogens (tertiary/aromatic N) is 1. The van der Waals surface area contributed by atoms with Crippen molar-refractivity contribution in [2.24, 2.45) is 0 Å². The van der Waals surface area contributed by atoms with Gasteiger partial charge in [0, 0.05) is 23.7 Å². The van der Waals surface area contributed by atoms with E-state index in [1.165, 1.54) is 0 Å². The van der Waals surface area contributed by atoms with Crippen LogP contribution in [-0.4, -0.2) is 6.54 Å². The normalized spacial score (nSPS) is 9.23. The molecule has 13 heavy (non-hydrogen) atoms. The highest BCUT2D eigenvalue weighted by Crippen LogP contribution is 2.14. The van der Waals surface area contributed by atoms with Crippen LogP contribution in [0.1, 0.15) is 12.8 Å². The van der Waals surface area contributed by atoms with Gasteiger partial charge < -0.3 is 5.32 Å². The van der Waals surface area contributed by atoms with Crippen molar-refractivity contribution in [3.8, 4) is 6.07 Å². The number of anilines is 1. The summed E-state index contributed by atoms with van der Waals surface area (Å²) in [7, 11) is 0. The molecule has 3 heteroatoms. The Balaban J connectivity index is 2.33. The van der Waals surface area contributed by atoms with Gasteiger partial charge in [-0.3, -0.25) is 0 Å². The molecule has 0 aliphatic rings. The van der Waals surface area contributed by atoms with Crippen molar-refractivity contribution in [2.75, 3.05) is 11.9 Å². The Labute approximate surface area is 83.1 Å². The van der Waals surface area contributed by atoms with Gasteiger partial charge in [-0.25, -0.2) is 0 Å². The first-order valence-electron chi connectivity index (χ1n) is 4.19. The molecule has 0 fully saturated rings. The van der Waals surface area contributed by atoms with Gasteiger partial charge in [-0.05, 0) is 24.6 Å². The Morgan fingerprint density at radius 1 is 1.46 bits per heavy atom. The number of nitrogens with one attached hydrogen (secondary N) is 1. The van der Waals surface area contributed by atoms with Gasteiger partial charge in [0.15, 0.2) is 0 Å². The van der Waals surface area contributed by atoms with Crippen molar-refractivity contribution >= 4 is 17.3 Å². The lowest BCUT2D eigenvalue weighted by Gasteiger charge is -2.04. The molecule has 0 amide bonds. The van der Waals surface area contributed by atoms with E-state index in [1.807, 2.05) is 24.3 Å². The highest BCUT2D eigenvalue weighted by Gasteiger charge is 1.91. The molecule has 0 saturated heterocycles. The first-order chi connectivity index (χ1) is 6.33. The van der Waals surface area contributed by atoms with Gasteiger partial charge in [-0.15, -0.1) is 0 Å². The van der Waals surface area contributed by atoms with Crippen LogP contribution in [0.3, 0.4) is 0 Å². The van der Waals surface area contributed by atoms with Crippen molar-refractivity contribution in [1.82, 2.24) is 0 Å². The Kier molecular flexibility index (Phi) is 4.14. The summed E-state index contributed by atoms with van der Waals surface area (Å²) in [4.78, 5) is 0. The summed E-state index contributed by atoms with van der Waals surface area (Å²) in [6.45, 7) is 0.813. The van der Waals surface area contributed by atoms with Crippen LogP contribution >= 0.6 is 11.6 Å². The molecular formula is C10H11ClN2. The molecule has 1 aromatic rings. The van der Waals surface area contributed by atoms with Crippen molar-refractivity contribution in [3.63, 3.8) is 0 Å². The van der Waals surface area contributed by atoms with Gasteiger partial charge >= 0.3 is 0 Å². The van der Waals surface area contributed by atoms with Gasteiger partial charge in [0.1, 0.15) is 0 Å².